The average Bonchev–Trinajstić information content (AvgIpc) is 2.65. The number of rotatable bonds is 3. The lowest BCUT2D eigenvalue weighted by atomic mass is 10.2. The van der Waals surface area contributed by atoms with Crippen LogP contribution >= 0.6 is 0 Å². The zero-order chi connectivity index (χ0) is 11.5. The summed E-state index contributed by atoms with van der Waals surface area (Å²) >= 11 is 0. The summed E-state index contributed by atoms with van der Waals surface area (Å²) in [4.78, 5) is 8.17. The molecule has 0 amide bonds. The molecule has 0 atom stereocenters. The minimum Gasteiger partial charge on any atom is -0.384 e. The van der Waals surface area contributed by atoms with E-state index in [0.29, 0.717) is 11.7 Å². The van der Waals surface area contributed by atoms with Crippen molar-refractivity contribution in [2.24, 2.45) is 5.92 Å². The predicted octanol–water partition coefficient (Wildman–Crippen LogP) is 2.18. The molecule has 0 fully saturated rings. The van der Waals surface area contributed by atoms with Crippen LogP contribution in [0.4, 0.5) is 5.82 Å². The van der Waals surface area contributed by atoms with E-state index in [0.717, 1.165) is 17.8 Å². The minimum absolute atomic E-state index is 0.537. The normalized spacial score (nSPS) is 10.9. The van der Waals surface area contributed by atoms with Gasteiger partial charge >= 0.3 is 0 Å². The summed E-state index contributed by atoms with van der Waals surface area (Å²) in [6.45, 7) is 5.33. The Balaban J connectivity index is 2.37. The van der Waals surface area contributed by atoms with Crippen molar-refractivity contribution >= 4 is 5.82 Å². The second kappa shape index (κ2) is 4.35. The first kappa shape index (κ1) is 10.7. The highest BCUT2D eigenvalue weighted by Gasteiger charge is 2.06. The van der Waals surface area contributed by atoms with Crippen LogP contribution in [0.1, 0.15) is 13.8 Å². The molecule has 0 aliphatic heterocycles. The van der Waals surface area contributed by atoms with E-state index in [-0.39, 0.29) is 0 Å². The zero-order valence-electron chi connectivity index (χ0n) is 9.59. The molecule has 0 saturated heterocycles. The van der Waals surface area contributed by atoms with E-state index in [2.05, 4.69) is 28.4 Å². The minimum atomic E-state index is 0.537. The Hall–Kier alpha value is -1.84. The van der Waals surface area contributed by atoms with Gasteiger partial charge in [0, 0.05) is 18.3 Å². The van der Waals surface area contributed by atoms with Crippen molar-refractivity contribution in [2.75, 3.05) is 5.73 Å². The van der Waals surface area contributed by atoms with Crippen molar-refractivity contribution in [1.29, 1.82) is 0 Å². The third kappa shape index (κ3) is 2.21. The molecule has 0 unspecified atom stereocenters. The van der Waals surface area contributed by atoms with Crippen LogP contribution in [0.15, 0.2) is 30.9 Å². The highest BCUT2D eigenvalue weighted by molar-refractivity contribution is 5.61. The summed E-state index contributed by atoms with van der Waals surface area (Å²) in [6.07, 6.45) is 5.43. The van der Waals surface area contributed by atoms with Gasteiger partial charge in [0.2, 0.25) is 0 Å². The molecule has 0 saturated carbocycles. The number of nitrogens with zero attached hydrogens (tertiary/aromatic N) is 3. The predicted molar refractivity (Wildman–Crippen MR) is 64.7 cm³/mol. The van der Waals surface area contributed by atoms with E-state index >= 15 is 0 Å². The van der Waals surface area contributed by atoms with Gasteiger partial charge in [0.1, 0.15) is 5.82 Å². The van der Waals surface area contributed by atoms with Crippen molar-refractivity contribution in [1.82, 2.24) is 14.5 Å². The van der Waals surface area contributed by atoms with Crippen LogP contribution in [0.25, 0.3) is 11.3 Å². The molecule has 0 bridgehead atoms. The molecule has 4 heteroatoms. The molecule has 0 aliphatic carbocycles. The summed E-state index contributed by atoms with van der Waals surface area (Å²) in [5, 5.41) is 0. The van der Waals surface area contributed by atoms with Crippen LogP contribution in [0.3, 0.4) is 0 Å². The molecule has 2 aromatic rings. The highest BCUT2D eigenvalue weighted by Crippen LogP contribution is 2.20. The highest BCUT2D eigenvalue weighted by atomic mass is 15.0. The number of imidazole rings is 1. The maximum atomic E-state index is 5.68. The van der Waals surface area contributed by atoms with Crippen molar-refractivity contribution < 1.29 is 0 Å². The molecule has 84 valence electrons. The fraction of sp³-hybridized carbons (Fsp3) is 0.333. The van der Waals surface area contributed by atoms with Crippen molar-refractivity contribution in [3.8, 4) is 11.3 Å². The quantitative estimate of drug-likeness (QED) is 0.855. The first-order chi connectivity index (χ1) is 7.66. The van der Waals surface area contributed by atoms with Crippen LogP contribution in [0, 0.1) is 5.92 Å². The van der Waals surface area contributed by atoms with Crippen LogP contribution < -0.4 is 5.73 Å². The Morgan fingerprint density at radius 1 is 1.44 bits per heavy atom. The number of pyridine rings is 1. The number of nitrogens with two attached hydrogens (primary N) is 1. The second-order valence-corrected chi connectivity index (χ2v) is 4.29. The van der Waals surface area contributed by atoms with Crippen molar-refractivity contribution in [3.63, 3.8) is 0 Å². The maximum absolute atomic E-state index is 5.68. The Bertz CT molecular complexity index is 473. The fourth-order valence-corrected chi connectivity index (χ4v) is 1.71. The SMILES string of the molecule is CC(C)Cn1cncc1-c1ccnc(N)c1. The standard InChI is InChI=1S/C12H16N4/c1-9(2)7-16-8-14-6-11(16)10-3-4-15-12(13)5-10/h3-6,8-9H,7H2,1-2H3,(H2,13,15). The molecule has 16 heavy (non-hydrogen) atoms. The summed E-state index contributed by atoms with van der Waals surface area (Å²) in [5.41, 5.74) is 7.82. The van der Waals surface area contributed by atoms with Gasteiger partial charge in [-0.15, -0.1) is 0 Å². The van der Waals surface area contributed by atoms with Crippen LogP contribution in [0.2, 0.25) is 0 Å². The maximum Gasteiger partial charge on any atom is 0.123 e. The second-order valence-electron chi connectivity index (χ2n) is 4.29. The number of nitrogen functional groups attached to an aromatic ring is 1. The van der Waals surface area contributed by atoms with Gasteiger partial charge < -0.3 is 10.3 Å². The number of aromatic nitrogens is 3. The molecular weight excluding hydrogens is 200 g/mol. The first-order valence-electron chi connectivity index (χ1n) is 5.39. The topological polar surface area (TPSA) is 56.7 Å². The van der Waals surface area contributed by atoms with Gasteiger partial charge in [0.05, 0.1) is 18.2 Å². The summed E-state index contributed by atoms with van der Waals surface area (Å²) in [6, 6.07) is 3.82. The van der Waals surface area contributed by atoms with Crippen molar-refractivity contribution in [3.05, 3.63) is 30.9 Å². The summed E-state index contributed by atoms with van der Waals surface area (Å²) in [7, 11) is 0. The monoisotopic (exact) mass is 216 g/mol. The van der Waals surface area contributed by atoms with E-state index in [9.17, 15) is 0 Å². The summed E-state index contributed by atoms with van der Waals surface area (Å²) < 4.78 is 2.14. The van der Waals surface area contributed by atoms with E-state index in [1.165, 1.54) is 0 Å². The first-order valence-corrected chi connectivity index (χ1v) is 5.39. The lowest BCUT2D eigenvalue weighted by molar-refractivity contribution is 0.526. The van der Waals surface area contributed by atoms with E-state index in [1.807, 2.05) is 24.7 Å². The molecule has 2 aromatic heterocycles. The molecule has 2 heterocycles. The Kier molecular flexibility index (Phi) is 2.90. The molecular formula is C12H16N4. The lowest BCUT2D eigenvalue weighted by Gasteiger charge is -2.10. The molecule has 0 radical (unpaired) electrons. The smallest absolute Gasteiger partial charge is 0.123 e. The van der Waals surface area contributed by atoms with Crippen LogP contribution in [-0.4, -0.2) is 14.5 Å². The summed E-state index contributed by atoms with van der Waals surface area (Å²) in [5.74, 6) is 1.13. The number of anilines is 1. The van der Waals surface area contributed by atoms with Crippen LogP contribution in [0.5, 0.6) is 0 Å². The van der Waals surface area contributed by atoms with Crippen molar-refractivity contribution in [2.45, 2.75) is 20.4 Å². The number of hydrogen-bond acceptors (Lipinski definition) is 3. The lowest BCUT2D eigenvalue weighted by Crippen LogP contribution is -2.04. The van der Waals surface area contributed by atoms with E-state index in [1.54, 1.807) is 6.20 Å². The van der Waals surface area contributed by atoms with Gasteiger partial charge in [0.25, 0.3) is 0 Å². The van der Waals surface area contributed by atoms with E-state index in [4.69, 9.17) is 5.73 Å². The molecule has 2 N–H and O–H groups in total. The van der Waals surface area contributed by atoms with Gasteiger partial charge in [0.15, 0.2) is 0 Å². The Labute approximate surface area is 95.1 Å². The molecule has 0 aromatic carbocycles. The zero-order valence-corrected chi connectivity index (χ0v) is 9.59. The molecule has 4 nitrogen and oxygen atoms in total. The van der Waals surface area contributed by atoms with E-state index < -0.39 is 0 Å². The average molecular weight is 216 g/mol. The third-order valence-corrected chi connectivity index (χ3v) is 2.35. The van der Waals surface area contributed by atoms with Gasteiger partial charge in [-0.25, -0.2) is 9.97 Å². The van der Waals surface area contributed by atoms with Crippen LogP contribution in [-0.2, 0) is 6.54 Å². The Morgan fingerprint density at radius 2 is 2.25 bits per heavy atom. The van der Waals surface area contributed by atoms with Gasteiger partial charge in [-0.05, 0) is 18.1 Å². The third-order valence-electron chi connectivity index (χ3n) is 2.35. The Morgan fingerprint density at radius 3 is 2.94 bits per heavy atom. The molecule has 2 rings (SSSR count). The fourth-order valence-electron chi connectivity index (χ4n) is 1.71. The largest absolute Gasteiger partial charge is 0.384 e. The molecule has 0 spiro atoms. The number of hydrogen-bond donors (Lipinski definition) is 1. The van der Waals surface area contributed by atoms with Gasteiger partial charge in [-0.1, -0.05) is 13.8 Å². The molecule has 0 aliphatic rings. The van der Waals surface area contributed by atoms with Gasteiger partial charge in [-0.3, -0.25) is 0 Å². The van der Waals surface area contributed by atoms with Gasteiger partial charge in [-0.2, -0.15) is 0 Å².